The summed E-state index contributed by atoms with van der Waals surface area (Å²) < 4.78 is 19.9. The maximum atomic E-state index is 12.8. The zero-order valence-corrected chi connectivity index (χ0v) is 20.8. The highest BCUT2D eigenvalue weighted by Gasteiger charge is 2.18. The first kappa shape index (κ1) is 24.2. The van der Waals surface area contributed by atoms with Gasteiger partial charge in [0.1, 0.15) is 23.1 Å². The minimum atomic E-state index is -0.188. The van der Waals surface area contributed by atoms with Gasteiger partial charge in [0, 0.05) is 37.1 Å². The van der Waals surface area contributed by atoms with E-state index in [1.807, 2.05) is 48.1 Å². The Morgan fingerprint density at radius 1 is 0.971 bits per heavy atom. The van der Waals surface area contributed by atoms with Gasteiger partial charge in [-0.2, -0.15) is 0 Å². The van der Waals surface area contributed by atoms with Crippen molar-refractivity contribution in [2.75, 3.05) is 32.4 Å². The van der Waals surface area contributed by atoms with Gasteiger partial charge in [0.25, 0.3) is 0 Å². The van der Waals surface area contributed by atoms with Gasteiger partial charge in [-0.3, -0.25) is 9.36 Å². The molecule has 0 fully saturated rings. The molecule has 182 valence electrons. The van der Waals surface area contributed by atoms with Crippen molar-refractivity contribution >= 4 is 23.4 Å². The molecule has 0 saturated heterocycles. The molecule has 4 rings (SSSR count). The summed E-state index contributed by atoms with van der Waals surface area (Å²) in [5.41, 5.74) is 2.56. The number of hydrogen-bond acceptors (Lipinski definition) is 7. The summed E-state index contributed by atoms with van der Waals surface area (Å²) >= 11 is 1.31. The van der Waals surface area contributed by atoms with E-state index in [0.29, 0.717) is 28.8 Å². The number of anilines is 1. The van der Waals surface area contributed by atoms with Crippen LogP contribution in [0.3, 0.4) is 0 Å². The number of benzene rings is 2. The van der Waals surface area contributed by atoms with Crippen LogP contribution in [0.4, 0.5) is 5.69 Å². The Hall–Kier alpha value is -3.92. The van der Waals surface area contributed by atoms with Gasteiger partial charge in [-0.15, -0.1) is 10.2 Å². The van der Waals surface area contributed by atoms with Crippen molar-refractivity contribution in [3.05, 3.63) is 72.3 Å². The first-order valence-corrected chi connectivity index (χ1v) is 11.8. The minimum absolute atomic E-state index is 0.146. The van der Waals surface area contributed by atoms with E-state index < -0.39 is 0 Å². The quantitative estimate of drug-likeness (QED) is 0.334. The number of rotatable bonds is 10. The molecular weight excluding hydrogens is 466 g/mol. The first-order chi connectivity index (χ1) is 17.0. The molecule has 0 unspecified atom stereocenters. The number of ether oxygens (including phenoxy) is 3. The molecule has 0 radical (unpaired) electrons. The summed E-state index contributed by atoms with van der Waals surface area (Å²) in [6.45, 7) is 0. The van der Waals surface area contributed by atoms with Crippen molar-refractivity contribution in [3.8, 4) is 22.9 Å². The molecule has 0 aliphatic carbocycles. The number of amides is 1. The highest BCUT2D eigenvalue weighted by molar-refractivity contribution is 7.99. The maximum absolute atomic E-state index is 12.8. The predicted octanol–water partition coefficient (Wildman–Crippen LogP) is 3.95. The highest BCUT2D eigenvalue weighted by Crippen LogP contribution is 2.30. The zero-order chi connectivity index (χ0) is 24.8. The number of carbonyl (C=O) groups excluding carboxylic acids is 1. The highest BCUT2D eigenvalue weighted by atomic mass is 32.2. The van der Waals surface area contributed by atoms with Crippen molar-refractivity contribution in [2.24, 2.45) is 7.05 Å². The minimum Gasteiger partial charge on any atom is -0.497 e. The Bertz CT molecular complexity index is 1300. The molecule has 9 nitrogen and oxygen atoms in total. The number of thioether (sulfide) groups is 1. The largest absolute Gasteiger partial charge is 0.497 e. The summed E-state index contributed by atoms with van der Waals surface area (Å²) in [5.74, 6) is 2.66. The van der Waals surface area contributed by atoms with E-state index >= 15 is 0 Å². The summed E-state index contributed by atoms with van der Waals surface area (Å²) in [7, 11) is 6.75. The lowest BCUT2D eigenvalue weighted by Crippen LogP contribution is -2.15. The Morgan fingerprint density at radius 3 is 2.37 bits per heavy atom. The Kier molecular flexibility index (Phi) is 7.61. The van der Waals surface area contributed by atoms with Gasteiger partial charge in [-0.25, -0.2) is 0 Å². The third-order valence-corrected chi connectivity index (χ3v) is 6.37. The van der Waals surface area contributed by atoms with E-state index in [9.17, 15) is 4.79 Å². The SMILES string of the molecule is COc1ccc(-n2c(Cc3cccn3C)nnc2SCC(=O)Nc2ccc(OC)cc2OC)cc1. The molecular formula is C25H27N5O4S. The third-order valence-electron chi connectivity index (χ3n) is 5.44. The average molecular weight is 494 g/mol. The molecule has 0 bridgehead atoms. The molecule has 2 aromatic carbocycles. The fourth-order valence-electron chi connectivity index (χ4n) is 3.56. The zero-order valence-electron chi connectivity index (χ0n) is 20.0. The van der Waals surface area contributed by atoms with Crippen molar-refractivity contribution in [2.45, 2.75) is 11.6 Å². The fraction of sp³-hybridized carbons (Fsp3) is 0.240. The maximum Gasteiger partial charge on any atom is 0.234 e. The van der Waals surface area contributed by atoms with Crippen molar-refractivity contribution in [3.63, 3.8) is 0 Å². The van der Waals surface area contributed by atoms with E-state index in [4.69, 9.17) is 14.2 Å². The second-order valence-electron chi connectivity index (χ2n) is 7.62. The molecule has 0 spiro atoms. The van der Waals surface area contributed by atoms with Crippen LogP contribution in [0.5, 0.6) is 17.2 Å². The molecule has 0 aliphatic rings. The van der Waals surface area contributed by atoms with Crippen LogP contribution >= 0.6 is 11.8 Å². The number of methoxy groups -OCH3 is 3. The standard InChI is InChI=1S/C25H27N5O4S/c1-29-13-5-6-18(29)14-23-27-28-25(30(23)17-7-9-19(32-2)10-8-17)35-16-24(31)26-21-12-11-20(33-3)15-22(21)34-4/h5-13,15H,14,16H2,1-4H3,(H,26,31). The molecule has 0 atom stereocenters. The molecule has 0 aliphatic heterocycles. The van der Waals surface area contributed by atoms with Crippen LogP contribution < -0.4 is 19.5 Å². The van der Waals surface area contributed by atoms with E-state index in [1.165, 1.54) is 11.8 Å². The van der Waals surface area contributed by atoms with Gasteiger partial charge in [0.15, 0.2) is 5.16 Å². The molecule has 2 aromatic heterocycles. The van der Waals surface area contributed by atoms with Gasteiger partial charge >= 0.3 is 0 Å². The lowest BCUT2D eigenvalue weighted by Gasteiger charge is -2.13. The summed E-state index contributed by atoms with van der Waals surface area (Å²) in [5, 5.41) is 12.3. The van der Waals surface area contributed by atoms with Crippen LogP contribution in [0.15, 0.2) is 66.0 Å². The van der Waals surface area contributed by atoms with Crippen LogP contribution in [0, 0.1) is 0 Å². The molecule has 2 heterocycles. The van der Waals surface area contributed by atoms with Gasteiger partial charge < -0.3 is 24.1 Å². The van der Waals surface area contributed by atoms with Crippen molar-refractivity contribution in [1.29, 1.82) is 0 Å². The molecule has 1 amide bonds. The van der Waals surface area contributed by atoms with Crippen molar-refractivity contribution in [1.82, 2.24) is 19.3 Å². The smallest absolute Gasteiger partial charge is 0.234 e. The third kappa shape index (κ3) is 5.60. The first-order valence-electron chi connectivity index (χ1n) is 10.9. The topological polar surface area (TPSA) is 92.4 Å². The summed E-state index contributed by atoms with van der Waals surface area (Å²) in [6, 6.07) is 17.0. The lowest BCUT2D eigenvalue weighted by molar-refractivity contribution is -0.113. The molecule has 10 heteroatoms. The lowest BCUT2D eigenvalue weighted by atomic mass is 10.2. The van der Waals surface area contributed by atoms with E-state index in [1.54, 1.807) is 39.5 Å². The van der Waals surface area contributed by atoms with E-state index in [2.05, 4.69) is 26.1 Å². The van der Waals surface area contributed by atoms with Crippen LogP contribution in [0.2, 0.25) is 0 Å². The fourth-order valence-corrected chi connectivity index (χ4v) is 4.33. The molecule has 35 heavy (non-hydrogen) atoms. The molecule has 1 N–H and O–H groups in total. The predicted molar refractivity (Wildman–Crippen MR) is 135 cm³/mol. The molecule has 0 saturated carbocycles. The second-order valence-corrected chi connectivity index (χ2v) is 8.57. The number of hydrogen-bond donors (Lipinski definition) is 1. The number of aromatic nitrogens is 4. The van der Waals surface area contributed by atoms with Gasteiger partial charge in [0.2, 0.25) is 5.91 Å². The van der Waals surface area contributed by atoms with Crippen LogP contribution in [-0.4, -0.2) is 52.3 Å². The monoisotopic (exact) mass is 493 g/mol. The Labute approximate surface area is 208 Å². The van der Waals surface area contributed by atoms with Gasteiger partial charge in [-0.1, -0.05) is 11.8 Å². The Balaban J connectivity index is 1.55. The number of nitrogens with one attached hydrogen (secondary N) is 1. The van der Waals surface area contributed by atoms with Crippen LogP contribution in [0.1, 0.15) is 11.5 Å². The van der Waals surface area contributed by atoms with Gasteiger partial charge in [-0.05, 0) is 48.5 Å². The van der Waals surface area contributed by atoms with Crippen LogP contribution in [0.25, 0.3) is 5.69 Å². The van der Waals surface area contributed by atoms with Crippen molar-refractivity contribution < 1.29 is 19.0 Å². The Morgan fingerprint density at radius 2 is 1.71 bits per heavy atom. The average Bonchev–Trinajstić information content (AvgIpc) is 3.48. The van der Waals surface area contributed by atoms with Crippen LogP contribution in [-0.2, 0) is 18.3 Å². The summed E-state index contributed by atoms with van der Waals surface area (Å²) in [4.78, 5) is 12.8. The molecule has 4 aromatic rings. The number of nitrogens with zero attached hydrogens (tertiary/aromatic N) is 4. The number of carbonyl (C=O) groups is 1. The summed E-state index contributed by atoms with van der Waals surface area (Å²) in [6.07, 6.45) is 2.59. The normalized spacial score (nSPS) is 10.7. The van der Waals surface area contributed by atoms with E-state index in [0.717, 1.165) is 23.0 Å². The second kappa shape index (κ2) is 11.0. The number of aryl methyl sites for hydroxylation is 1. The van der Waals surface area contributed by atoms with E-state index in [-0.39, 0.29) is 11.7 Å². The van der Waals surface area contributed by atoms with Gasteiger partial charge in [0.05, 0.1) is 32.8 Å².